The molecule has 6 nitrogen and oxygen atoms in total. The minimum Gasteiger partial charge on any atom is -0.334 e. The quantitative estimate of drug-likeness (QED) is 0.551. The molecule has 0 aliphatic rings. The van der Waals surface area contributed by atoms with Crippen molar-refractivity contribution in [3.8, 4) is 22.8 Å². The van der Waals surface area contributed by atoms with Crippen LogP contribution in [0.4, 0.5) is 0 Å². The van der Waals surface area contributed by atoms with Gasteiger partial charge in [-0.2, -0.15) is 4.98 Å². The topological polar surface area (TPSA) is 73.8 Å². The molecule has 27 heavy (non-hydrogen) atoms. The van der Waals surface area contributed by atoms with Crippen molar-refractivity contribution in [1.82, 2.24) is 19.7 Å². The molecule has 136 valence electrons. The maximum Gasteiger partial charge on any atom is 0.272 e. The molecule has 0 bridgehead atoms. The highest BCUT2D eigenvalue weighted by atomic mass is 16.5. The summed E-state index contributed by atoms with van der Waals surface area (Å²) in [6.07, 6.45) is 0. The largest absolute Gasteiger partial charge is 0.334 e. The molecule has 4 aromatic rings. The minimum atomic E-state index is -0.0607. The molecule has 0 fully saturated rings. The molecule has 0 amide bonds. The monoisotopic (exact) mass is 360 g/mol. The summed E-state index contributed by atoms with van der Waals surface area (Å²) in [5.74, 6) is 0.985. The van der Waals surface area contributed by atoms with Gasteiger partial charge in [0.25, 0.3) is 11.4 Å². The summed E-state index contributed by atoms with van der Waals surface area (Å²) in [4.78, 5) is 21.2. The molecule has 0 radical (unpaired) electrons. The minimum absolute atomic E-state index is 0.0607. The number of nitrogens with zero attached hydrogens (tertiary/aromatic N) is 4. The van der Waals surface area contributed by atoms with Crippen LogP contribution < -0.4 is 5.56 Å². The number of rotatable bonds is 3. The van der Waals surface area contributed by atoms with Crippen LogP contribution in [-0.4, -0.2) is 19.7 Å². The zero-order valence-corrected chi connectivity index (χ0v) is 15.8. The predicted molar refractivity (Wildman–Crippen MR) is 105 cm³/mol. The van der Waals surface area contributed by atoms with Crippen LogP contribution in [0.2, 0.25) is 0 Å². The van der Waals surface area contributed by atoms with Gasteiger partial charge in [-0.15, -0.1) is 0 Å². The normalized spacial score (nSPS) is 11.3. The lowest BCUT2D eigenvalue weighted by Gasteiger charge is -2.09. The van der Waals surface area contributed by atoms with Gasteiger partial charge in [-0.3, -0.25) is 4.79 Å². The lowest BCUT2D eigenvalue weighted by atomic mass is 10.1. The highest BCUT2D eigenvalue weighted by molar-refractivity contribution is 5.80. The molecule has 0 spiro atoms. The zero-order valence-electron chi connectivity index (χ0n) is 15.8. The Kier molecular flexibility index (Phi) is 4.11. The number of hydrogen-bond acceptors (Lipinski definition) is 5. The van der Waals surface area contributed by atoms with Crippen molar-refractivity contribution in [2.24, 2.45) is 0 Å². The molecule has 2 heterocycles. The molecule has 0 atom stereocenters. The third-order valence-corrected chi connectivity index (χ3v) is 4.58. The molecule has 0 aliphatic heterocycles. The second-order valence-electron chi connectivity index (χ2n) is 6.75. The first-order chi connectivity index (χ1) is 13.0. The summed E-state index contributed by atoms with van der Waals surface area (Å²) in [5.41, 5.74) is 5.95. The highest BCUT2D eigenvalue weighted by Crippen LogP contribution is 2.25. The predicted octanol–water partition coefficient (Wildman–Crippen LogP) is 4.06. The van der Waals surface area contributed by atoms with Crippen molar-refractivity contribution in [2.75, 3.05) is 0 Å². The fourth-order valence-corrected chi connectivity index (χ4v) is 3.38. The first kappa shape index (κ1) is 17.1. The Balaban J connectivity index is 1.80. The molecule has 2 aromatic heterocycles. The Morgan fingerprint density at radius 3 is 2.41 bits per heavy atom. The van der Waals surface area contributed by atoms with E-state index in [-0.39, 0.29) is 5.56 Å². The van der Waals surface area contributed by atoms with Crippen LogP contribution in [0.3, 0.4) is 0 Å². The number of benzene rings is 2. The Labute approximate surface area is 156 Å². The van der Waals surface area contributed by atoms with Gasteiger partial charge < -0.3 is 9.09 Å². The fraction of sp³-hybridized carbons (Fsp3) is 0.238. The molecule has 0 saturated carbocycles. The number of aryl methyl sites for hydroxylation is 4. The summed E-state index contributed by atoms with van der Waals surface area (Å²) in [5, 5.41) is 4.13. The van der Waals surface area contributed by atoms with Gasteiger partial charge in [0.2, 0.25) is 5.82 Å². The summed E-state index contributed by atoms with van der Waals surface area (Å²) in [6.45, 7) is 8.35. The summed E-state index contributed by atoms with van der Waals surface area (Å²) in [7, 11) is 0. The van der Waals surface area contributed by atoms with Gasteiger partial charge in [0, 0.05) is 17.7 Å². The number of hydrogen-bond donors (Lipinski definition) is 0. The summed E-state index contributed by atoms with van der Waals surface area (Å²) < 4.78 is 7.20. The van der Waals surface area contributed by atoms with E-state index in [4.69, 9.17) is 4.52 Å². The lowest BCUT2D eigenvalue weighted by molar-refractivity contribution is 0.432. The van der Waals surface area contributed by atoms with Crippen LogP contribution in [0.1, 0.15) is 23.7 Å². The van der Waals surface area contributed by atoms with Crippen LogP contribution in [0.15, 0.2) is 45.7 Å². The Morgan fingerprint density at radius 2 is 1.70 bits per heavy atom. The van der Waals surface area contributed by atoms with Crippen molar-refractivity contribution in [1.29, 1.82) is 0 Å². The van der Waals surface area contributed by atoms with E-state index in [0.717, 1.165) is 33.3 Å². The van der Waals surface area contributed by atoms with Crippen molar-refractivity contribution in [2.45, 2.75) is 34.2 Å². The van der Waals surface area contributed by atoms with Crippen LogP contribution >= 0.6 is 0 Å². The Hall–Kier alpha value is -3.28. The molecule has 0 N–H and O–H groups in total. The van der Waals surface area contributed by atoms with Gasteiger partial charge in [-0.05, 0) is 58.0 Å². The molecule has 4 rings (SSSR count). The molecule has 0 saturated heterocycles. The first-order valence-corrected chi connectivity index (χ1v) is 8.90. The second kappa shape index (κ2) is 6.46. The molecular formula is C21H20N4O2. The van der Waals surface area contributed by atoms with Gasteiger partial charge in [0.05, 0.1) is 11.0 Å². The SMILES string of the molecule is CCn1c(=O)c(C)nc2cc(-c3noc(-c4cc(C)cc(C)c4)n3)ccc21. The fourth-order valence-electron chi connectivity index (χ4n) is 3.38. The van der Waals surface area contributed by atoms with E-state index < -0.39 is 0 Å². The average Bonchev–Trinajstić information content (AvgIpc) is 3.12. The second-order valence-corrected chi connectivity index (χ2v) is 6.75. The van der Waals surface area contributed by atoms with Crippen molar-refractivity contribution in [3.63, 3.8) is 0 Å². The average molecular weight is 360 g/mol. The van der Waals surface area contributed by atoms with Crippen LogP contribution in [-0.2, 0) is 6.54 Å². The molecule has 0 unspecified atom stereocenters. The van der Waals surface area contributed by atoms with Crippen molar-refractivity contribution in [3.05, 3.63) is 63.6 Å². The van der Waals surface area contributed by atoms with Crippen LogP contribution in [0.25, 0.3) is 33.9 Å². The maximum absolute atomic E-state index is 12.2. The van der Waals surface area contributed by atoms with Gasteiger partial charge in [0.15, 0.2) is 0 Å². The lowest BCUT2D eigenvalue weighted by Crippen LogP contribution is -2.23. The smallest absolute Gasteiger partial charge is 0.272 e. The van der Waals surface area contributed by atoms with Crippen LogP contribution in [0, 0.1) is 20.8 Å². The van der Waals surface area contributed by atoms with E-state index in [2.05, 4.69) is 21.2 Å². The molecular weight excluding hydrogens is 340 g/mol. The first-order valence-electron chi connectivity index (χ1n) is 8.90. The van der Waals surface area contributed by atoms with E-state index in [9.17, 15) is 4.79 Å². The van der Waals surface area contributed by atoms with E-state index in [0.29, 0.717) is 24.0 Å². The number of fused-ring (bicyclic) bond motifs is 1. The van der Waals surface area contributed by atoms with Gasteiger partial charge in [-0.25, -0.2) is 4.98 Å². The van der Waals surface area contributed by atoms with E-state index in [1.807, 2.05) is 51.1 Å². The van der Waals surface area contributed by atoms with Crippen molar-refractivity contribution < 1.29 is 4.52 Å². The van der Waals surface area contributed by atoms with E-state index in [1.165, 1.54) is 0 Å². The molecule has 0 aliphatic carbocycles. The van der Waals surface area contributed by atoms with E-state index >= 15 is 0 Å². The third kappa shape index (κ3) is 3.03. The molecule has 2 aromatic carbocycles. The van der Waals surface area contributed by atoms with Gasteiger partial charge in [0.1, 0.15) is 5.69 Å². The standard InChI is InChI=1S/C21H20N4O2/c1-5-25-18-7-6-15(11-17(18)22-14(4)21(25)26)19-23-20(27-24-19)16-9-12(2)8-13(3)10-16/h6-11H,5H2,1-4H3. The van der Waals surface area contributed by atoms with E-state index in [1.54, 1.807) is 11.5 Å². The van der Waals surface area contributed by atoms with Crippen molar-refractivity contribution >= 4 is 11.0 Å². The zero-order chi connectivity index (χ0) is 19.1. The van der Waals surface area contributed by atoms with Gasteiger partial charge in [-0.1, -0.05) is 22.3 Å². The molecule has 6 heteroatoms. The third-order valence-electron chi connectivity index (χ3n) is 4.58. The Morgan fingerprint density at radius 1 is 0.963 bits per heavy atom. The number of aromatic nitrogens is 4. The maximum atomic E-state index is 12.2. The summed E-state index contributed by atoms with van der Waals surface area (Å²) in [6, 6.07) is 11.8. The van der Waals surface area contributed by atoms with Gasteiger partial charge >= 0.3 is 0 Å². The highest BCUT2D eigenvalue weighted by Gasteiger charge is 2.14. The Bertz CT molecular complexity index is 1200. The summed E-state index contributed by atoms with van der Waals surface area (Å²) >= 11 is 0. The van der Waals surface area contributed by atoms with Crippen LogP contribution in [0.5, 0.6) is 0 Å².